The molecular formula is C59H62BN3. The number of hydrogen-bond donors (Lipinski definition) is 0. The first-order valence-corrected chi connectivity index (χ1v) is 23.6. The molecule has 3 nitrogen and oxygen atoms in total. The van der Waals surface area contributed by atoms with Gasteiger partial charge >= 0.3 is 0 Å². The van der Waals surface area contributed by atoms with E-state index in [4.69, 9.17) is 0 Å². The first-order valence-electron chi connectivity index (χ1n) is 23.6. The van der Waals surface area contributed by atoms with E-state index in [0.717, 1.165) is 12.8 Å². The fraction of sp³-hybridized carbons (Fsp3) is 0.322. The lowest BCUT2D eigenvalue weighted by Crippen LogP contribution is -2.61. The van der Waals surface area contributed by atoms with Gasteiger partial charge in [-0.15, -0.1) is 0 Å². The highest BCUT2D eigenvalue weighted by Crippen LogP contribution is 2.59. The molecule has 316 valence electrons. The summed E-state index contributed by atoms with van der Waals surface area (Å²) in [7, 11) is 0. The molecule has 0 amide bonds. The summed E-state index contributed by atoms with van der Waals surface area (Å²) >= 11 is 0. The van der Waals surface area contributed by atoms with Crippen molar-refractivity contribution in [3.05, 3.63) is 209 Å². The maximum atomic E-state index is 2.96. The van der Waals surface area contributed by atoms with E-state index in [1.807, 2.05) is 0 Å². The lowest BCUT2D eigenvalue weighted by molar-refractivity contribution is 0.249. The topological polar surface area (TPSA) is 9.72 Å². The van der Waals surface area contributed by atoms with Crippen molar-refractivity contribution in [1.82, 2.24) is 0 Å². The second kappa shape index (κ2) is 14.7. The van der Waals surface area contributed by atoms with Gasteiger partial charge in [-0.25, -0.2) is 0 Å². The van der Waals surface area contributed by atoms with Crippen LogP contribution in [0.3, 0.4) is 0 Å². The molecule has 6 aliphatic rings. The molecule has 63 heavy (non-hydrogen) atoms. The fourth-order valence-corrected chi connectivity index (χ4v) is 12.2. The molecule has 0 spiro atoms. The van der Waals surface area contributed by atoms with Gasteiger partial charge in [0.1, 0.15) is 0 Å². The van der Waals surface area contributed by atoms with E-state index in [-0.39, 0.29) is 34.8 Å². The van der Waals surface area contributed by atoms with Crippen LogP contribution in [0.5, 0.6) is 0 Å². The molecule has 0 saturated heterocycles. The van der Waals surface area contributed by atoms with Crippen molar-refractivity contribution in [3.63, 3.8) is 0 Å². The number of rotatable bonds is 6. The number of nitrogens with zero attached hydrogens (tertiary/aromatic N) is 3. The van der Waals surface area contributed by atoms with E-state index in [2.05, 4.69) is 234 Å². The van der Waals surface area contributed by atoms with Gasteiger partial charge in [0.15, 0.2) is 0 Å². The van der Waals surface area contributed by atoms with Crippen molar-refractivity contribution in [2.75, 3.05) is 14.7 Å². The van der Waals surface area contributed by atoms with Crippen LogP contribution >= 0.6 is 0 Å². The number of para-hydroxylation sites is 3. The SMILES string of the molecule is CC(C)(C)c1cc2c3c(c1)C1CC(C(C)(C)C)C=CC1N3C1CC(C(C)(C)c3ccccc3)=CC3=C1B2C1CC=C(N(c2ccccc2)c2ccccc2)C=C1N3c1ccccc1. The van der Waals surface area contributed by atoms with Gasteiger partial charge in [0, 0.05) is 57.2 Å². The third-order valence-corrected chi connectivity index (χ3v) is 15.7. The summed E-state index contributed by atoms with van der Waals surface area (Å²) in [6.45, 7) is 19.8. The summed E-state index contributed by atoms with van der Waals surface area (Å²) in [6.07, 6.45) is 16.2. The van der Waals surface area contributed by atoms with E-state index >= 15 is 0 Å². The number of fused-ring (bicyclic) bond motifs is 7. The number of benzene rings is 5. The van der Waals surface area contributed by atoms with E-state index in [9.17, 15) is 0 Å². The van der Waals surface area contributed by atoms with Gasteiger partial charge in [-0.1, -0.05) is 182 Å². The van der Waals surface area contributed by atoms with Crippen molar-refractivity contribution < 1.29 is 0 Å². The molecule has 5 aromatic carbocycles. The van der Waals surface area contributed by atoms with E-state index in [1.165, 1.54) is 57.3 Å². The number of hydrogen-bond acceptors (Lipinski definition) is 3. The third kappa shape index (κ3) is 6.45. The van der Waals surface area contributed by atoms with Crippen LogP contribution < -0.4 is 20.2 Å². The van der Waals surface area contributed by atoms with Crippen LogP contribution in [0.25, 0.3) is 0 Å². The summed E-state index contributed by atoms with van der Waals surface area (Å²) in [6, 6.07) is 50.3. The Morgan fingerprint density at radius 1 is 0.667 bits per heavy atom. The molecule has 0 N–H and O–H groups in total. The van der Waals surface area contributed by atoms with Crippen LogP contribution in [-0.4, -0.2) is 18.8 Å². The molecular weight excluding hydrogens is 761 g/mol. The van der Waals surface area contributed by atoms with Gasteiger partial charge in [-0.3, -0.25) is 0 Å². The van der Waals surface area contributed by atoms with Crippen molar-refractivity contribution >= 4 is 34.9 Å². The van der Waals surface area contributed by atoms with Gasteiger partial charge in [0.2, 0.25) is 6.71 Å². The van der Waals surface area contributed by atoms with Gasteiger partial charge in [0.05, 0.1) is 6.04 Å². The molecule has 5 unspecified atom stereocenters. The molecule has 0 fully saturated rings. The normalized spacial score (nSPS) is 23.6. The highest BCUT2D eigenvalue weighted by molar-refractivity contribution is 6.84. The van der Waals surface area contributed by atoms with Crippen molar-refractivity contribution in [1.29, 1.82) is 0 Å². The van der Waals surface area contributed by atoms with Crippen LogP contribution in [0.4, 0.5) is 22.7 Å². The Morgan fingerprint density at radius 2 is 1.29 bits per heavy atom. The minimum Gasteiger partial charge on any atom is -0.358 e. The average molecular weight is 824 g/mol. The molecule has 0 saturated carbocycles. The Morgan fingerprint density at radius 3 is 1.90 bits per heavy atom. The Kier molecular flexibility index (Phi) is 9.32. The minimum atomic E-state index is -0.171. The van der Waals surface area contributed by atoms with E-state index in [0.29, 0.717) is 17.9 Å². The minimum absolute atomic E-state index is 0.0186. The van der Waals surface area contributed by atoms with Gasteiger partial charge in [-0.2, -0.15) is 0 Å². The lowest BCUT2D eigenvalue weighted by atomic mass is 9.27. The molecule has 5 aromatic rings. The zero-order valence-corrected chi connectivity index (χ0v) is 38.5. The fourth-order valence-electron chi connectivity index (χ4n) is 12.2. The van der Waals surface area contributed by atoms with Crippen LogP contribution in [0.15, 0.2) is 192 Å². The first-order chi connectivity index (χ1) is 30.3. The quantitative estimate of drug-likeness (QED) is 0.125. The molecule has 3 heterocycles. The zero-order valence-electron chi connectivity index (χ0n) is 38.5. The molecule has 3 aliphatic carbocycles. The average Bonchev–Trinajstić information content (AvgIpc) is 3.62. The predicted octanol–water partition coefficient (Wildman–Crippen LogP) is 14.0. The first kappa shape index (κ1) is 40.1. The smallest absolute Gasteiger partial charge is 0.221 e. The molecule has 0 bridgehead atoms. The summed E-state index contributed by atoms with van der Waals surface area (Å²) in [5, 5.41) is 0. The second-order valence-electron chi connectivity index (χ2n) is 21.8. The van der Waals surface area contributed by atoms with Gasteiger partial charge in [0.25, 0.3) is 0 Å². The largest absolute Gasteiger partial charge is 0.358 e. The van der Waals surface area contributed by atoms with Crippen LogP contribution in [-0.2, 0) is 10.8 Å². The summed E-state index contributed by atoms with van der Waals surface area (Å²) < 4.78 is 0. The molecule has 3 aliphatic heterocycles. The summed E-state index contributed by atoms with van der Waals surface area (Å²) in [5.74, 6) is 1.26. The van der Waals surface area contributed by atoms with Crippen LogP contribution in [0.1, 0.15) is 97.3 Å². The second-order valence-corrected chi connectivity index (χ2v) is 21.8. The molecule has 11 rings (SSSR count). The maximum absolute atomic E-state index is 2.96. The lowest BCUT2D eigenvalue weighted by Gasteiger charge is -2.55. The van der Waals surface area contributed by atoms with Gasteiger partial charge in [-0.05, 0) is 113 Å². The number of allylic oxidation sites excluding steroid dienone is 5. The van der Waals surface area contributed by atoms with Crippen molar-refractivity contribution in [3.8, 4) is 0 Å². The molecule has 5 atom stereocenters. The standard InChI is InChI=1S/C59H62BN3/c1-57(2,3)40-29-32-51-47(33-40)48-34-41(58(4,5)6)35-50-56(48)63(51)54-37-42(59(7,8)39-21-13-9-14-22-39)36-53-55(54)60(50)49-31-30-46(38-52(49)62(53)45-27-19-12-20-28-45)61(43-23-15-10-16-24-43)44-25-17-11-18-26-44/h9-30,32,34-36,38,40,47,49,51,54H,31,33,37H2,1-8H3. The Hall–Kier alpha value is -5.74. The highest BCUT2D eigenvalue weighted by atomic mass is 15.3. The molecule has 0 radical (unpaired) electrons. The zero-order chi connectivity index (χ0) is 43.4. The van der Waals surface area contributed by atoms with Crippen molar-refractivity contribution in [2.24, 2.45) is 11.3 Å². The van der Waals surface area contributed by atoms with Crippen LogP contribution in [0.2, 0.25) is 5.82 Å². The van der Waals surface area contributed by atoms with Crippen LogP contribution in [0, 0.1) is 11.3 Å². The maximum Gasteiger partial charge on any atom is 0.221 e. The van der Waals surface area contributed by atoms with E-state index in [1.54, 1.807) is 22.2 Å². The van der Waals surface area contributed by atoms with E-state index < -0.39 is 0 Å². The van der Waals surface area contributed by atoms with Gasteiger partial charge < -0.3 is 14.7 Å². The monoisotopic (exact) mass is 824 g/mol. The Bertz CT molecular complexity index is 2690. The Balaban J connectivity index is 1.19. The highest BCUT2D eigenvalue weighted by Gasteiger charge is 2.58. The summed E-state index contributed by atoms with van der Waals surface area (Å²) in [5.41, 5.74) is 18.3. The Labute approximate surface area is 377 Å². The third-order valence-electron chi connectivity index (χ3n) is 15.7. The molecule has 4 heteroatoms. The predicted molar refractivity (Wildman–Crippen MR) is 268 cm³/mol. The summed E-state index contributed by atoms with van der Waals surface area (Å²) in [4.78, 5) is 8.12. The number of anilines is 4. The molecule has 0 aromatic heterocycles. The van der Waals surface area contributed by atoms with Crippen molar-refractivity contribution in [2.45, 2.75) is 109 Å².